The van der Waals surface area contributed by atoms with Crippen LogP contribution in [0.2, 0.25) is 0 Å². The van der Waals surface area contributed by atoms with Gasteiger partial charge < -0.3 is 10.2 Å². The second-order valence-electron chi connectivity index (χ2n) is 8.11. The molecule has 32 heavy (non-hydrogen) atoms. The average Bonchev–Trinajstić information content (AvgIpc) is 3.28. The second kappa shape index (κ2) is 10.0. The minimum atomic E-state index is -0.163. The molecule has 0 saturated carbocycles. The van der Waals surface area contributed by atoms with Crippen molar-refractivity contribution in [3.05, 3.63) is 71.5 Å². The van der Waals surface area contributed by atoms with Crippen LogP contribution in [0.5, 0.6) is 0 Å². The highest BCUT2D eigenvalue weighted by atomic mass is 32.2. The smallest absolute Gasteiger partial charge is 0.255 e. The number of carbonyl (C=O) groups is 2. The predicted molar refractivity (Wildman–Crippen MR) is 129 cm³/mol. The molecule has 1 aliphatic heterocycles. The lowest BCUT2D eigenvalue weighted by Gasteiger charge is -2.27. The third-order valence-corrected chi connectivity index (χ3v) is 6.61. The van der Waals surface area contributed by atoms with Crippen molar-refractivity contribution in [3.63, 3.8) is 0 Å². The Morgan fingerprint density at radius 3 is 2.66 bits per heavy atom. The maximum Gasteiger partial charge on any atom is 0.255 e. The van der Waals surface area contributed by atoms with Crippen LogP contribution in [0.4, 0.5) is 5.69 Å². The van der Waals surface area contributed by atoms with Crippen molar-refractivity contribution in [3.8, 4) is 5.69 Å². The van der Waals surface area contributed by atoms with Gasteiger partial charge in [-0.15, -0.1) is 0 Å². The first-order valence-electron chi connectivity index (χ1n) is 10.9. The van der Waals surface area contributed by atoms with Crippen LogP contribution >= 0.6 is 11.8 Å². The van der Waals surface area contributed by atoms with Gasteiger partial charge in [-0.2, -0.15) is 0 Å². The Balaban J connectivity index is 1.43. The van der Waals surface area contributed by atoms with E-state index in [0.717, 1.165) is 48.8 Å². The first-order valence-corrected chi connectivity index (χ1v) is 11.9. The Hall–Kier alpha value is -3.06. The van der Waals surface area contributed by atoms with E-state index in [-0.39, 0.29) is 17.6 Å². The Bertz CT molecular complexity index is 1120. The number of rotatable bonds is 6. The monoisotopic (exact) mass is 448 g/mol. The van der Waals surface area contributed by atoms with Crippen LogP contribution < -0.4 is 5.32 Å². The van der Waals surface area contributed by atoms with Crippen molar-refractivity contribution >= 4 is 29.3 Å². The maximum absolute atomic E-state index is 13.0. The van der Waals surface area contributed by atoms with E-state index in [2.05, 4.69) is 42.3 Å². The first-order chi connectivity index (χ1) is 15.5. The number of aryl methyl sites for hydroxylation is 2. The van der Waals surface area contributed by atoms with Gasteiger partial charge in [0.15, 0.2) is 5.16 Å². The molecule has 1 N–H and O–H groups in total. The molecule has 6 nitrogen and oxygen atoms in total. The number of thioether (sulfide) groups is 1. The molecular weight excluding hydrogens is 420 g/mol. The third-order valence-electron chi connectivity index (χ3n) is 5.64. The maximum atomic E-state index is 13.0. The molecule has 1 aromatic heterocycles. The minimum absolute atomic E-state index is 0.0151. The van der Waals surface area contributed by atoms with Crippen molar-refractivity contribution < 1.29 is 9.59 Å². The van der Waals surface area contributed by atoms with Gasteiger partial charge in [0, 0.05) is 25.5 Å². The summed E-state index contributed by atoms with van der Waals surface area (Å²) in [4.78, 5) is 32.0. The van der Waals surface area contributed by atoms with Crippen molar-refractivity contribution in [2.45, 2.75) is 38.3 Å². The largest absolute Gasteiger partial charge is 0.339 e. The Morgan fingerprint density at radius 2 is 1.84 bits per heavy atom. The summed E-state index contributed by atoms with van der Waals surface area (Å²) in [5.74, 6) is 0.0248. The number of benzene rings is 2. The number of nitrogens with zero attached hydrogens (tertiary/aromatic N) is 3. The fraction of sp³-hybridized carbons (Fsp3) is 0.320. The predicted octanol–water partition coefficient (Wildman–Crippen LogP) is 4.85. The number of nitrogens with one attached hydrogen (secondary N) is 1. The highest BCUT2D eigenvalue weighted by Crippen LogP contribution is 2.25. The molecule has 7 heteroatoms. The number of anilines is 1. The molecule has 1 fully saturated rings. The molecule has 0 radical (unpaired) electrons. The molecule has 0 unspecified atom stereocenters. The molecule has 2 aromatic carbocycles. The number of amides is 2. The van der Waals surface area contributed by atoms with Crippen LogP contribution in [0.1, 0.15) is 40.7 Å². The summed E-state index contributed by atoms with van der Waals surface area (Å²) in [6.45, 7) is 5.67. The van der Waals surface area contributed by atoms with E-state index in [1.54, 1.807) is 18.3 Å². The van der Waals surface area contributed by atoms with E-state index in [4.69, 9.17) is 0 Å². The molecule has 0 bridgehead atoms. The van der Waals surface area contributed by atoms with Crippen LogP contribution in [0.15, 0.2) is 60.0 Å². The summed E-state index contributed by atoms with van der Waals surface area (Å²) < 4.78 is 2.01. The zero-order valence-electron chi connectivity index (χ0n) is 18.5. The first kappa shape index (κ1) is 22.1. The van der Waals surface area contributed by atoms with E-state index in [1.165, 1.54) is 17.3 Å². The standard InChI is InChI=1S/C25H28N4O2S/c1-18-10-11-19(2)22(16-18)29-15-12-26-25(29)32-17-23(30)27-21-9-5-4-8-20(21)24(31)28-13-6-3-7-14-28/h4-5,8-12,15-16H,3,6-7,13-14,17H2,1-2H3,(H,27,30). The van der Waals surface area contributed by atoms with Crippen LogP contribution in [-0.4, -0.2) is 45.1 Å². The molecule has 2 heterocycles. The van der Waals surface area contributed by atoms with Gasteiger partial charge >= 0.3 is 0 Å². The number of hydrogen-bond acceptors (Lipinski definition) is 4. The summed E-state index contributed by atoms with van der Waals surface area (Å²) in [7, 11) is 0. The topological polar surface area (TPSA) is 67.2 Å². The van der Waals surface area contributed by atoms with E-state index in [9.17, 15) is 9.59 Å². The molecule has 4 rings (SSSR count). The molecule has 2 amide bonds. The number of imidazole rings is 1. The second-order valence-corrected chi connectivity index (χ2v) is 9.05. The average molecular weight is 449 g/mol. The minimum Gasteiger partial charge on any atom is -0.339 e. The Kier molecular flexibility index (Phi) is 6.95. The number of carbonyl (C=O) groups excluding carboxylic acids is 2. The fourth-order valence-electron chi connectivity index (χ4n) is 3.92. The van der Waals surface area contributed by atoms with Gasteiger partial charge in [-0.25, -0.2) is 4.98 Å². The van der Waals surface area contributed by atoms with Crippen molar-refractivity contribution in [2.24, 2.45) is 0 Å². The van der Waals surface area contributed by atoms with Gasteiger partial charge in [-0.1, -0.05) is 36.0 Å². The Morgan fingerprint density at radius 1 is 1.06 bits per heavy atom. The summed E-state index contributed by atoms with van der Waals surface area (Å²) in [5, 5.41) is 3.68. The van der Waals surface area contributed by atoms with Gasteiger partial charge in [-0.3, -0.25) is 14.2 Å². The summed E-state index contributed by atoms with van der Waals surface area (Å²) in [6, 6.07) is 13.5. The van der Waals surface area contributed by atoms with Gasteiger partial charge in [0.05, 0.1) is 22.7 Å². The lowest BCUT2D eigenvalue weighted by atomic mass is 10.1. The number of piperidine rings is 1. The van der Waals surface area contributed by atoms with Gasteiger partial charge in [0.1, 0.15) is 0 Å². The van der Waals surface area contributed by atoms with Crippen LogP contribution in [-0.2, 0) is 4.79 Å². The van der Waals surface area contributed by atoms with Crippen molar-refractivity contribution in [1.82, 2.24) is 14.5 Å². The summed E-state index contributed by atoms with van der Waals surface area (Å²) in [5.41, 5.74) is 4.48. The van der Waals surface area contributed by atoms with Crippen LogP contribution in [0.25, 0.3) is 5.69 Å². The number of aromatic nitrogens is 2. The molecule has 0 atom stereocenters. The van der Waals surface area contributed by atoms with Crippen molar-refractivity contribution in [1.29, 1.82) is 0 Å². The molecule has 3 aromatic rings. The van der Waals surface area contributed by atoms with Gasteiger partial charge in [0.2, 0.25) is 5.91 Å². The highest BCUT2D eigenvalue weighted by Gasteiger charge is 2.21. The number of para-hydroxylation sites is 1. The Labute approximate surface area is 193 Å². The van der Waals surface area contributed by atoms with Gasteiger partial charge in [-0.05, 0) is 62.4 Å². The molecule has 0 spiro atoms. The fourth-order valence-corrected chi connectivity index (χ4v) is 4.69. The summed E-state index contributed by atoms with van der Waals surface area (Å²) in [6.07, 6.45) is 6.88. The van der Waals surface area contributed by atoms with Gasteiger partial charge in [0.25, 0.3) is 5.91 Å². The molecular formula is C25H28N4O2S. The lowest BCUT2D eigenvalue weighted by Crippen LogP contribution is -2.36. The van der Waals surface area contributed by atoms with Crippen LogP contribution in [0.3, 0.4) is 0 Å². The quantitative estimate of drug-likeness (QED) is 0.548. The number of hydrogen-bond donors (Lipinski definition) is 1. The molecule has 166 valence electrons. The summed E-state index contributed by atoms with van der Waals surface area (Å²) >= 11 is 1.38. The number of likely N-dealkylation sites (tertiary alicyclic amines) is 1. The normalized spacial score (nSPS) is 13.8. The zero-order chi connectivity index (χ0) is 22.5. The van der Waals surface area contributed by atoms with E-state index < -0.39 is 0 Å². The lowest BCUT2D eigenvalue weighted by molar-refractivity contribution is -0.113. The van der Waals surface area contributed by atoms with Crippen LogP contribution in [0, 0.1) is 13.8 Å². The zero-order valence-corrected chi connectivity index (χ0v) is 19.3. The molecule has 1 saturated heterocycles. The SMILES string of the molecule is Cc1ccc(C)c(-n2ccnc2SCC(=O)Nc2ccccc2C(=O)N2CCCCC2)c1. The van der Waals surface area contributed by atoms with Crippen molar-refractivity contribution in [2.75, 3.05) is 24.2 Å². The highest BCUT2D eigenvalue weighted by molar-refractivity contribution is 7.99. The third kappa shape index (κ3) is 5.05. The van der Waals surface area contributed by atoms with E-state index in [0.29, 0.717) is 11.3 Å². The van der Waals surface area contributed by atoms with E-state index in [1.807, 2.05) is 27.8 Å². The molecule has 0 aliphatic carbocycles. The van der Waals surface area contributed by atoms with E-state index >= 15 is 0 Å². The molecule has 1 aliphatic rings.